The van der Waals surface area contributed by atoms with E-state index >= 15 is 0 Å². The fourth-order valence-electron chi connectivity index (χ4n) is 5.15. The Morgan fingerprint density at radius 3 is 2.68 bits per heavy atom. The molecule has 3 saturated heterocycles. The number of hydrogen-bond acceptors (Lipinski definition) is 4. The van der Waals surface area contributed by atoms with Crippen LogP contribution in [0.3, 0.4) is 0 Å². The lowest BCUT2D eigenvalue weighted by molar-refractivity contribution is -0.326. The van der Waals surface area contributed by atoms with E-state index in [0.29, 0.717) is 17.8 Å². The molecule has 1 saturated carbocycles. The van der Waals surface area contributed by atoms with E-state index in [1.165, 1.54) is 6.42 Å². The van der Waals surface area contributed by atoms with Gasteiger partial charge in [-0.25, -0.2) is 0 Å². The first-order chi connectivity index (χ1) is 8.96. The third-order valence-electron chi connectivity index (χ3n) is 6.15. The van der Waals surface area contributed by atoms with E-state index in [1.54, 1.807) is 0 Å². The van der Waals surface area contributed by atoms with Crippen LogP contribution in [0.4, 0.5) is 0 Å². The van der Waals surface area contributed by atoms with E-state index in [2.05, 4.69) is 13.8 Å². The molecule has 1 unspecified atom stereocenters. The molecule has 8 atom stereocenters. The monoisotopic (exact) mass is 268 g/mol. The molecule has 19 heavy (non-hydrogen) atoms. The van der Waals surface area contributed by atoms with Gasteiger partial charge in [0.25, 0.3) is 0 Å². The molecule has 0 aromatic heterocycles. The van der Waals surface area contributed by atoms with E-state index in [0.717, 1.165) is 19.3 Å². The molecule has 0 amide bonds. The van der Waals surface area contributed by atoms with Gasteiger partial charge in [-0.1, -0.05) is 13.8 Å². The maximum Gasteiger partial charge on any atom is 0.193 e. The van der Waals surface area contributed by atoms with Crippen LogP contribution in [0.5, 0.6) is 0 Å². The first-order valence-corrected chi connectivity index (χ1v) is 7.68. The Bertz CT molecular complexity index is 400. The van der Waals surface area contributed by atoms with Crippen molar-refractivity contribution >= 4 is 0 Å². The van der Waals surface area contributed by atoms with Gasteiger partial charge < -0.3 is 19.3 Å². The minimum absolute atomic E-state index is 0.121. The zero-order valence-electron chi connectivity index (χ0n) is 12.0. The number of ether oxygens (including phenoxy) is 3. The average Bonchev–Trinajstić information content (AvgIpc) is 2.56. The summed E-state index contributed by atoms with van der Waals surface area (Å²) in [5, 5.41) is 10.1. The lowest BCUT2D eigenvalue weighted by Gasteiger charge is -2.57. The zero-order chi connectivity index (χ0) is 13.4. The Balaban J connectivity index is 1.81. The van der Waals surface area contributed by atoms with Gasteiger partial charge in [-0.15, -0.1) is 0 Å². The second-order valence-electron chi connectivity index (χ2n) is 7.23. The van der Waals surface area contributed by atoms with Gasteiger partial charge in [0.2, 0.25) is 0 Å². The molecule has 3 aliphatic heterocycles. The summed E-state index contributed by atoms with van der Waals surface area (Å²) in [4.78, 5) is 0. The second kappa shape index (κ2) is 3.73. The predicted molar refractivity (Wildman–Crippen MR) is 68.0 cm³/mol. The van der Waals surface area contributed by atoms with Crippen LogP contribution in [0, 0.1) is 23.7 Å². The molecule has 4 heteroatoms. The Labute approximate surface area is 114 Å². The van der Waals surface area contributed by atoms with Gasteiger partial charge in [0.05, 0.1) is 0 Å². The topological polar surface area (TPSA) is 47.9 Å². The summed E-state index contributed by atoms with van der Waals surface area (Å²) in [5.41, 5.74) is -0.316. The summed E-state index contributed by atoms with van der Waals surface area (Å²) in [7, 11) is 0. The highest BCUT2D eigenvalue weighted by Crippen LogP contribution is 2.63. The summed E-state index contributed by atoms with van der Waals surface area (Å²) in [6.07, 6.45) is 3.30. The number of hydrogen-bond donors (Lipinski definition) is 1. The molecule has 0 radical (unpaired) electrons. The van der Waals surface area contributed by atoms with Crippen LogP contribution in [0.2, 0.25) is 0 Å². The minimum Gasteiger partial charge on any atom is -0.368 e. The van der Waals surface area contributed by atoms with Gasteiger partial charge in [-0.2, -0.15) is 0 Å². The molecule has 3 heterocycles. The normalized spacial score (nSPS) is 63.8. The average molecular weight is 268 g/mol. The molecule has 0 aromatic carbocycles. The van der Waals surface area contributed by atoms with E-state index in [1.807, 2.05) is 6.92 Å². The van der Waals surface area contributed by atoms with Gasteiger partial charge in [0.15, 0.2) is 18.4 Å². The van der Waals surface area contributed by atoms with Crippen LogP contribution in [0.15, 0.2) is 0 Å². The summed E-state index contributed by atoms with van der Waals surface area (Å²) in [6, 6.07) is 0. The molecular formula is C15H24O4. The van der Waals surface area contributed by atoms with E-state index < -0.39 is 12.1 Å². The summed E-state index contributed by atoms with van der Waals surface area (Å²) in [5.74, 6) is 1.11. The molecule has 108 valence electrons. The molecule has 1 N–H and O–H groups in total. The summed E-state index contributed by atoms with van der Waals surface area (Å²) < 4.78 is 18.3. The largest absolute Gasteiger partial charge is 0.368 e. The fraction of sp³-hybridized carbons (Fsp3) is 1.00. The van der Waals surface area contributed by atoms with Gasteiger partial charge in [0, 0.05) is 18.3 Å². The predicted octanol–water partition coefficient (Wildman–Crippen LogP) is 2.26. The lowest BCUT2D eigenvalue weighted by Crippen LogP contribution is -2.66. The zero-order valence-corrected chi connectivity index (χ0v) is 12.0. The molecule has 4 rings (SSSR count). The number of rotatable bonds is 0. The van der Waals surface area contributed by atoms with E-state index in [4.69, 9.17) is 14.2 Å². The highest BCUT2D eigenvalue weighted by Gasteiger charge is 2.71. The number of aliphatic hydroxyl groups excluding tert-OH is 1. The van der Waals surface area contributed by atoms with Crippen molar-refractivity contribution in [3.05, 3.63) is 0 Å². The van der Waals surface area contributed by atoms with Crippen LogP contribution in [0.25, 0.3) is 0 Å². The van der Waals surface area contributed by atoms with Gasteiger partial charge in [0.1, 0.15) is 5.60 Å². The highest BCUT2D eigenvalue weighted by atomic mass is 16.9. The van der Waals surface area contributed by atoms with Gasteiger partial charge in [-0.3, -0.25) is 0 Å². The van der Waals surface area contributed by atoms with Crippen molar-refractivity contribution in [1.29, 1.82) is 0 Å². The first kappa shape index (κ1) is 12.6. The molecule has 4 fully saturated rings. The van der Waals surface area contributed by atoms with E-state index in [-0.39, 0.29) is 17.8 Å². The van der Waals surface area contributed by atoms with Crippen LogP contribution in [0.1, 0.15) is 46.5 Å². The van der Waals surface area contributed by atoms with Gasteiger partial charge in [-0.05, 0) is 38.0 Å². The third kappa shape index (κ3) is 1.44. The van der Waals surface area contributed by atoms with Crippen LogP contribution >= 0.6 is 0 Å². The first-order valence-electron chi connectivity index (χ1n) is 7.68. The van der Waals surface area contributed by atoms with Gasteiger partial charge >= 0.3 is 0 Å². The Kier molecular flexibility index (Phi) is 2.47. The Hall–Kier alpha value is -0.160. The van der Waals surface area contributed by atoms with Crippen molar-refractivity contribution in [1.82, 2.24) is 0 Å². The smallest absolute Gasteiger partial charge is 0.193 e. The standard InChI is InChI=1S/C15H24O4/c1-8-4-5-11-9(2)12(16)17-13-15(11)10(8)6-7-14(3,18-13)19-15/h8-13,16H,4-7H2,1-3H3/t8-,9-,10+,11+,12?,13+,14+,15-/m1/s1. The molecule has 0 aromatic rings. The SMILES string of the molecule is C[C@@H]1CC[C@H]2[C@@H](C)C(O)O[C@H]3O[C@]4(C)CC[C@@H]1[C@]32O4. The molecule has 4 aliphatic rings. The van der Waals surface area contributed by atoms with Crippen LogP contribution < -0.4 is 0 Å². The Morgan fingerprint density at radius 2 is 1.89 bits per heavy atom. The number of aliphatic hydroxyl groups is 1. The molecule has 2 bridgehead atoms. The van der Waals surface area contributed by atoms with Crippen molar-refractivity contribution in [2.45, 2.75) is 70.4 Å². The highest BCUT2D eigenvalue weighted by molar-refractivity contribution is 5.12. The van der Waals surface area contributed by atoms with Crippen LogP contribution in [-0.2, 0) is 14.2 Å². The minimum atomic E-state index is -0.721. The number of fused-ring (bicyclic) bond motifs is 1. The summed E-state index contributed by atoms with van der Waals surface area (Å²) >= 11 is 0. The molecule has 1 spiro atoms. The fourth-order valence-corrected chi connectivity index (χ4v) is 5.15. The summed E-state index contributed by atoms with van der Waals surface area (Å²) in [6.45, 7) is 6.43. The lowest BCUT2D eigenvalue weighted by atomic mass is 9.57. The van der Waals surface area contributed by atoms with Crippen molar-refractivity contribution < 1.29 is 19.3 Å². The van der Waals surface area contributed by atoms with Crippen molar-refractivity contribution in [3.8, 4) is 0 Å². The quantitative estimate of drug-likeness (QED) is 0.732. The van der Waals surface area contributed by atoms with E-state index in [9.17, 15) is 5.11 Å². The third-order valence-corrected chi connectivity index (χ3v) is 6.15. The maximum absolute atomic E-state index is 10.1. The molecule has 4 nitrogen and oxygen atoms in total. The van der Waals surface area contributed by atoms with Crippen molar-refractivity contribution in [3.63, 3.8) is 0 Å². The molecule has 1 aliphatic carbocycles. The molecular weight excluding hydrogens is 244 g/mol. The van der Waals surface area contributed by atoms with Crippen molar-refractivity contribution in [2.24, 2.45) is 23.7 Å². The second-order valence-corrected chi connectivity index (χ2v) is 7.23. The van der Waals surface area contributed by atoms with Crippen LogP contribution in [-0.4, -0.2) is 29.1 Å². The Morgan fingerprint density at radius 1 is 1.11 bits per heavy atom. The van der Waals surface area contributed by atoms with Crippen molar-refractivity contribution in [2.75, 3.05) is 0 Å². The maximum atomic E-state index is 10.1.